The Morgan fingerprint density at radius 3 is 2.33 bits per heavy atom. The van der Waals surface area contributed by atoms with Crippen molar-refractivity contribution >= 4 is 25.8 Å². The van der Waals surface area contributed by atoms with Crippen LogP contribution >= 0.6 is 15.9 Å². The van der Waals surface area contributed by atoms with E-state index in [0.717, 1.165) is 21.3 Å². The lowest BCUT2D eigenvalue weighted by molar-refractivity contribution is 0.591. The van der Waals surface area contributed by atoms with Gasteiger partial charge in [-0.2, -0.15) is 0 Å². The second-order valence-corrected chi connectivity index (χ2v) is 8.35. The Bertz CT molecular complexity index is 1010. The summed E-state index contributed by atoms with van der Waals surface area (Å²) in [7, 11) is -3.71. The van der Waals surface area contributed by atoms with Crippen molar-refractivity contribution < 1.29 is 8.42 Å². The number of aryl methyl sites for hydroxylation is 1. The second kappa shape index (κ2) is 6.14. The molecule has 0 saturated heterocycles. The maximum atomic E-state index is 12.8. The number of rotatable bonds is 3. The highest BCUT2D eigenvalue weighted by Gasteiger charge is 2.26. The Hall–Kier alpha value is -1.99. The first-order valence-corrected chi connectivity index (χ1v) is 9.59. The molecule has 1 aromatic heterocycles. The summed E-state index contributed by atoms with van der Waals surface area (Å²) in [6.45, 7) is 5.70. The Balaban J connectivity index is 2.13. The van der Waals surface area contributed by atoms with Gasteiger partial charge in [-0.3, -0.25) is 0 Å². The third-order valence-electron chi connectivity index (χ3n) is 4.03. The molecule has 7 heteroatoms. The SMILES string of the molecule is Cc1cccc(-n2nnc(S(=O)(=O)c3ccc(Br)cc3)c2C)c1C. The number of aromatic nitrogens is 3. The molecule has 24 heavy (non-hydrogen) atoms. The first-order chi connectivity index (χ1) is 11.3. The van der Waals surface area contributed by atoms with Crippen molar-refractivity contribution in [3.63, 3.8) is 0 Å². The summed E-state index contributed by atoms with van der Waals surface area (Å²) in [5, 5.41) is 8.00. The van der Waals surface area contributed by atoms with Gasteiger partial charge in [0.2, 0.25) is 14.9 Å². The summed E-state index contributed by atoms with van der Waals surface area (Å²) in [6, 6.07) is 12.3. The molecule has 3 aromatic rings. The Kier molecular flexibility index (Phi) is 4.31. The minimum absolute atomic E-state index is 0.0225. The highest BCUT2D eigenvalue weighted by molar-refractivity contribution is 9.10. The summed E-state index contributed by atoms with van der Waals surface area (Å²) in [4.78, 5) is 0.196. The highest BCUT2D eigenvalue weighted by Crippen LogP contribution is 2.26. The number of halogens is 1. The van der Waals surface area contributed by atoms with Gasteiger partial charge in [0.1, 0.15) is 0 Å². The van der Waals surface area contributed by atoms with Crippen LogP contribution in [0.3, 0.4) is 0 Å². The van der Waals surface area contributed by atoms with Crippen LogP contribution in [0.1, 0.15) is 16.8 Å². The Morgan fingerprint density at radius 1 is 1.00 bits per heavy atom. The van der Waals surface area contributed by atoms with Crippen LogP contribution in [0.15, 0.2) is 56.9 Å². The van der Waals surface area contributed by atoms with E-state index in [1.165, 1.54) is 0 Å². The molecule has 0 fully saturated rings. The third kappa shape index (κ3) is 2.78. The van der Waals surface area contributed by atoms with Crippen molar-refractivity contribution in [2.24, 2.45) is 0 Å². The molecule has 3 rings (SSSR count). The molecule has 0 amide bonds. The van der Waals surface area contributed by atoms with Gasteiger partial charge in [0.15, 0.2) is 0 Å². The van der Waals surface area contributed by atoms with E-state index in [-0.39, 0.29) is 9.92 Å². The fraction of sp³-hybridized carbons (Fsp3) is 0.176. The molecule has 0 atom stereocenters. The Labute approximate surface area is 149 Å². The van der Waals surface area contributed by atoms with Crippen LogP contribution in [0.5, 0.6) is 0 Å². The van der Waals surface area contributed by atoms with Crippen LogP contribution in [-0.2, 0) is 9.84 Å². The molecule has 0 spiro atoms. The van der Waals surface area contributed by atoms with Gasteiger partial charge in [-0.15, -0.1) is 5.10 Å². The molecule has 0 N–H and O–H groups in total. The van der Waals surface area contributed by atoms with E-state index in [2.05, 4.69) is 26.2 Å². The van der Waals surface area contributed by atoms with Crippen molar-refractivity contribution in [2.45, 2.75) is 30.7 Å². The normalized spacial score (nSPS) is 11.7. The molecular weight excluding hydrogens is 390 g/mol. The van der Waals surface area contributed by atoms with Crippen LogP contribution in [0, 0.1) is 20.8 Å². The zero-order valence-corrected chi connectivity index (χ0v) is 15.9. The van der Waals surface area contributed by atoms with E-state index in [9.17, 15) is 8.42 Å². The van der Waals surface area contributed by atoms with Gasteiger partial charge in [0.25, 0.3) is 0 Å². The van der Waals surface area contributed by atoms with E-state index in [0.29, 0.717) is 5.69 Å². The lowest BCUT2D eigenvalue weighted by Gasteiger charge is -2.09. The summed E-state index contributed by atoms with van der Waals surface area (Å²) >= 11 is 3.31. The summed E-state index contributed by atoms with van der Waals surface area (Å²) in [5.41, 5.74) is 3.47. The van der Waals surface area contributed by atoms with Crippen molar-refractivity contribution in [3.05, 3.63) is 63.8 Å². The molecule has 5 nitrogen and oxygen atoms in total. The molecule has 0 aliphatic carbocycles. The maximum Gasteiger partial charge on any atom is 0.227 e. The molecule has 0 unspecified atom stereocenters. The minimum Gasteiger partial charge on any atom is -0.217 e. The fourth-order valence-corrected chi connectivity index (χ4v) is 4.08. The van der Waals surface area contributed by atoms with Crippen LogP contribution < -0.4 is 0 Å². The number of nitrogens with zero attached hydrogens (tertiary/aromatic N) is 3. The van der Waals surface area contributed by atoms with Gasteiger partial charge in [-0.25, -0.2) is 13.1 Å². The van der Waals surface area contributed by atoms with E-state index in [1.54, 1.807) is 35.9 Å². The number of hydrogen-bond donors (Lipinski definition) is 0. The van der Waals surface area contributed by atoms with Crippen LogP contribution in [0.25, 0.3) is 5.69 Å². The first-order valence-electron chi connectivity index (χ1n) is 7.32. The number of benzene rings is 2. The van der Waals surface area contributed by atoms with Crippen molar-refractivity contribution in [1.82, 2.24) is 15.0 Å². The smallest absolute Gasteiger partial charge is 0.217 e. The van der Waals surface area contributed by atoms with Gasteiger partial charge < -0.3 is 0 Å². The standard InChI is InChI=1S/C17H16BrN3O2S/c1-11-5-4-6-16(12(11)2)21-13(3)17(19-20-21)24(22,23)15-9-7-14(18)8-10-15/h4-10H,1-3H3. The monoisotopic (exact) mass is 405 g/mol. The van der Waals surface area contributed by atoms with E-state index < -0.39 is 9.84 Å². The van der Waals surface area contributed by atoms with Crippen LogP contribution in [-0.4, -0.2) is 23.4 Å². The zero-order valence-electron chi connectivity index (χ0n) is 13.5. The minimum atomic E-state index is -3.71. The lowest BCUT2D eigenvalue weighted by Crippen LogP contribution is -2.06. The van der Waals surface area contributed by atoms with Crippen molar-refractivity contribution in [3.8, 4) is 5.69 Å². The number of sulfone groups is 1. The first kappa shape index (κ1) is 16.9. The highest BCUT2D eigenvalue weighted by atomic mass is 79.9. The van der Waals surface area contributed by atoms with E-state index in [1.807, 2.05) is 32.0 Å². The lowest BCUT2D eigenvalue weighted by atomic mass is 10.1. The average molecular weight is 406 g/mol. The molecule has 0 saturated carbocycles. The van der Waals surface area contributed by atoms with Gasteiger partial charge in [-0.05, 0) is 62.2 Å². The molecule has 1 heterocycles. The van der Waals surface area contributed by atoms with Crippen LogP contribution in [0.4, 0.5) is 0 Å². The fourth-order valence-electron chi connectivity index (χ4n) is 2.48. The molecule has 124 valence electrons. The van der Waals surface area contributed by atoms with E-state index >= 15 is 0 Å². The van der Waals surface area contributed by atoms with Gasteiger partial charge in [0, 0.05) is 4.47 Å². The molecule has 0 radical (unpaired) electrons. The van der Waals surface area contributed by atoms with E-state index in [4.69, 9.17) is 0 Å². The predicted octanol–water partition coefficient (Wildman–Crippen LogP) is 3.79. The van der Waals surface area contributed by atoms with Gasteiger partial charge in [0.05, 0.1) is 16.3 Å². The third-order valence-corrected chi connectivity index (χ3v) is 6.34. The predicted molar refractivity (Wildman–Crippen MR) is 95.2 cm³/mol. The molecular formula is C17H16BrN3O2S. The largest absolute Gasteiger partial charge is 0.227 e. The average Bonchev–Trinajstić information content (AvgIpc) is 2.93. The number of hydrogen-bond acceptors (Lipinski definition) is 4. The summed E-state index contributed by atoms with van der Waals surface area (Å²) < 4.78 is 28.1. The van der Waals surface area contributed by atoms with Crippen molar-refractivity contribution in [1.29, 1.82) is 0 Å². The second-order valence-electron chi connectivity index (χ2n) is 5.57. The maximum absolute atomic E-state index is 12.8. The zero-order chi connectivity index (χ0) is 17.5. The topological polar surface area (TPSA) is 64.8 Å². The van der Waals surface area contributed by atoms with Gasteiger partial charge >= 0.3 is 0 Å². The Morgan fingerprint density at radius 2 is 1.67 bits per heavy atom. The molecule has 2 aromatic carbocycles. The summed E-state index contributed by atoms with van der Waals surface area (Å²) in [5.74, 6) is 0. The van der Waals surface area contributed by atoms with Crippen molar-refractivity contribution in [2.75, 3.05) is 0 Å². The summed E-state index contributed by atoms with van der Waals surface area (Å²) in [6.07, 6.45) is 0. The molecule has 0 aliphatic rings. The van der Waals surface area contributed by atoms with Crippen LogP contribution in [0.2, 0.25) is 0 Å². The molecule has 0 aliphatic heterocycles. The quantitative estimate of drug-likeness (QED) is 0.664. The van der Waals surface area contributed by atoms with Gasteiger partial charge in [-0.1, -0.05) is 33.3 Å². The molecule has 0 bridgehead atoms.